The molecule has 0 aliphatic rings. The molecule has 0 atom stereocenters. The molecule has 0 amide bonds. The molecular weight excluding hydrogens is 504 g/mol. The molecule has 4 heteroatoms. The third kappa shape index (κ3) is 2.81. The van der Waals surface area contributed by atoms with Crippen LogP contribution < -0.4 is 0 Å². The van der Waals surface area contributed by atoms with Crippen LogP contribution >= 0.6 is 27.5 Å². The minimum absolute atomic E-state index is 0.706. The van der Waals surface area contributed by atoms with Crippen molar-refractivity contribution in [3.63, 3.8) is 0 Å². The van der Waals surface area contributed by atoms with Crippen LogP contribution in [0.2, 0.25) is 5.02 Å². The number of halogens is 2. The van der Waals surface area contributed by atoms with Crippen molar-refractivity contribution >= 4 is 71.1 Å². The number of nitrogens with zero attached hydrogens (tertiary/aromatic N) is 2. The summed E-state index contributed by atoms with van der Waals surface area (Å²) >= 11 is 10.1. The van der Waals surface area contributed by atoms with Gasteiger partial charge >= 0.3 is 0 Å². The zero-order chi connectivity index (χ0) is 22.8. The topological polar surface area (TPSA) is 9.86 Å². The maximum Gasteiger partial charge on any atom is 0.0548 e. The molecule has 2 aromatic heterocycles. The molecule has 2 heterocycles. The predicted molar refractivity (Wildman–Crippen MR) is 148 cm³/mol. The molecule has 162 valence electrons. The predicted octanol–water partition coefficient (Wildman–Crippen LogP) is 9.30. The van der Waals surface area contributed by atoms with Gasteiger partial charge < -0.3 is 9.13 Å². The highest BCUT2D eigenvalue weighted by atomic mass is 79.9. The van der Waals surface area contributed by atoms with Crippen LogP contribution in [-0.4, -0.2) is 9.13 Å². The Bertz CT molecular complexity index is 1860. The molecule has 0 bridgehead atoms. The Morgan fingerprint density at radius 3 is 1.62 bits per heavy atom. The van der Waals surface area contributed by atoms with Crippen LogP contribution in [0.3, 0.4) is 0 Å². The van der Waals surface area contributed by atoms with Crippen molar-refractivity contribution in [2.45, 2.75) is 0 Å². The minimum Gasteiger partial charge on any atom is -0.309 e. The molecule has 7 aromatic rings. The van der Waals surface area contributed by atoms with Crippen LogP contribution in [0.15, 0.2) is 114 Å². The number of benzene rings is 5. The second kappa shape index (κ2) is 7.49. The van der Waals surface area contributed by atoms with Gasteiger partial charge in [-0.25, -0.2) is 0 Å². The van der Waals surface area contributed by atoms with Crippen molar-refractivity contribution in [2.24, 2.45) is 0 Å². The van der Waals surface area contributed by atoms with Crippen molar-refractivity contribution in [3.8, 4) is 11.4 Å². The summed E-state index contributed by atoms with van der Waals surface area (Å²) in [5.74, 6) is 0. The van der Waals surface area contributed by atoms with E-state index in [0.29, 0.717) is 5.02 Å². The Hall–Kier alpha value is -3.53. The van der Waals surface area contributed by atoms with Gasteiger partial charge in [-0.2, -0.15) is 0 Å². The first-order chi connectivity index (χ1) is 16.7. The van der Waals surface area contributed by atoms with Gasteiger partial charge in [-0.3, -0.25) is 0 Å². The van der Waals surface area contributed by atoms with Crippen LogP contribution in [0.4, 0.5) is 0 Å². The summed E-state index contributed by atoms with van der Waals surface area (Å²) in [6.07, 6.45) is 0. The number of hydrogen-bond donors (Lipinski definition) is 0. The van der Waals surface area contributed by atoms with Crippen molar-refractivity contribution < 1.29 is 0 Å². The van der Waals surface area contributed by atoms with E-state index in [9.17, 15) is 0 Å². The first-order valence-electron chi connectivity index (χ1n) is 11.2. The smallest absolute Gasteiger partial charge is 0.0548 e. The third-order valence-corrected chi connectivity index (χ3v) is 7.27. The van der Waals surface area contributed by atoms with Gasteiger partial charge in [0.05, 0.1) is 22.1 Å². The highest BCUT2D eigenvalue weighted by Crippen LogP contribution is 2.42. The van der Waals surface area contributed by atoms with Gasteiger partial charge in [0.25, 0.3) is 0 Å². The number of rotatable bonds is 2. The lowest BCUT2D eigenvalue weighted by molar-refractivity contribution is 1.17. The summed E-state index contributed by atoms with van der Waals surface area (Å²) in [6, 6.07) is 38.5. The van der Waals surface area contributed by atoms with Gasteiger partial charge in [0.1, 0.15) is 0 Å². The van der Waals surface area contributed by atoms with Crippen molar-refractivity contribution in [3.05, 3.63) is 119 Å². The van der Waals surface area contributed by atoms with Gasteiger partial charge in [0.15, 0.2) is 0 Å². The maximum atomic E-state index is 6.47. The molecule has 0 N–H and O–H groups in total. The number of aromatic nitrogens is 2. The second-order valence-electron chi connectivity index (χ2n) is 8.52. The molecule has 0 aliphatic heterocycles. The fraction of sp³-hybridized carbons (Fsp3) is 0. The molecule has 0 saturated carbocycles. The normalized spacial score (nSPS) is 11.8. The summed E-state index contributed by atoms with van der Waals surface area (Å²) in [7, 11) is 0. The number of fused-ring (bicyclic) bond motifs is 7. The molecule has 0 fully saturated rings. The Morgan fingerprint density at radius 2 is 1.03 bits per heavy atom. The van der Waals surface area contributed by atoms with E-state index in [1.54, 1.807) is 0 Å². The second-order valence-corrected chi connectivity index (χ2v) is 9.87. The molecule has 0 aliphatic carbocycles. The van der Waals surface area contributed by atoms with Crippen LogP contribution in [0.1, 0.15) is 0 Å². The SMILES string of the molecule is Clc1cc(Br)cc(-n2c3ccccc3c3c4c5ccccc5n(-c5ccccc5)c4ccc32)c1. The highest BCUT2D eigenvalue weighted by molar-refractivity contribution is 9.10. The standard InChI is InChI=1S/C30H18BrClN2/c31-19-16-20(32)18-22(17-19)34-26-13-7-5-11-24(26)30-28(34)15-14-27-29(30)23-10-4-6-12-25(23)33(27)21-8-2-1-3-9-21/h1-18H. The Labute approximate surface area is 209 Å². The van der Waals surface area contributed by atoms with Crippen LogP contribution in [0, 0.1) is 0 Å². The monoisotopic (exact) mass is 520 g/mol. The lowest BCUT2D eigenvalue weighted by Gasteiger charge is -2.10. The number of hydrogen-bond acceptors (Lipinski definition) is 0. The summed E-state index contributed by atoms with van der Waals surface area (Å²) in [5, 5.41) is 5.72. The van der Waals surface area contributed by atoms with E-state index >= 15 is 0 Å². The van der Waals surface area contributed by atoms with Gasteiger partial charge in [-0.1, -0.05) is 82.1 Å². The minimum atomic E-state index is 0.706. The van der Waals surface area contributed by atoms with Crippen molar-refractivity contribution in [1.82, 2.24) is 9.13 Å². The molecule has 7 rings (SSSR count). The Kier molecular flexibility index (Phi) is 4.38. The van der Waals surface area contributed by atoms with Crippen LogP contribution in [0.25, 0.3) is 55.0 Å². The third-order valence-electron chi connectivity index (χ3n) is 6.59. The summed E-state index contributed by atoms with van der Waals surface area (Å²) in [5.41, 5.74) is 6.94. The zero-order valence-corrected chi connectivity index (χ0v) is 20.4. The number of para-hydroxylation sites is 3. The van der Waals surface area contributed by atoms with Gasteiger partial charge in [0, 0.05) is 42.4 Å². The fourth-order valence-corrected chi connectivity index (χ4v) is 6.16. The maximum absolute atomic E-state index is 6.47. The summed E-state index contributed by atoms with van der Waals surface area (Å²) in [4.78, 5) is 0. The molecule has 2 nitrogen and oxygen atoms in total. The Morgan fingerprint density at radius 1 is 0.500 bits per heavy atom. The quantitative estimate of drug-likeness (QED) is 0.214. The average Bonchev–Trinajstić information content (AvgIpc) is 3.37. The van der Waals surface area contributed by atoms with Gasteiger partial charge in [-0.15, -0.1) is 0 Å². The average molecular weight is 522 g/mol. The molecule has 0 saturated heterocycles. The van der Waals surface area contributed by atoms with Crippen LogP contribution in [0.5, 0.6) is 0 Å². The zero-order valence-electron chi connectivity index (χ0n) is 18.0. The summed E-state index contributed by atoms with van der Waals surface area (Å²) < 4.78 is 5.64. The van der Waals surface area contributed by atoms with E-state index < -0.39 is 0 Å². The fourth-order valence-electron chi connectivity index (χ4n) is 5.32. The molecule has 5 aromatic carbocycles. The van der Waals surface area contributed by atoms with Crippen LogP contribution in [-0.2, 0) is 0 Å². The molecule has 0 radical (unpaired) electrons. The Balaban J connectivity index is 1.72. The molecule has 0 spiro atoms. The van der Waals surface area contributed by atoms with Crippen molar-refractivity contribution in [2.75, 3.05) is 0 Å². The largest absolute Gasteiger partial charge is 0.309 e. The van der Waals surface area contributed by atoms with E-state index in [2.05, 4.69) is 122 Å². The molecule has 34 heavy (non-hydrogen) atoms. The van der Waals surface area contributed by atoms with E-state index in [0.717, 1.165) is 21.4 Å². The van der Waals surface area contributed by atoms with E-state index in [1.165, 1.54) is 38.1 Å². The van der Waals surface area contributed by atoms with Gasteiger partial charge in [0.2, 0.25) is 0 Å². The first-order valence-corrected chi connectivity index (χ1v) is 12.3. The first kappa shape index (κ1) is 19.9. The highest BCUT2D eigenvalue weighted by Gasteiger charge is 2.20. The van der Waals surface area contributed by atoms with E-state index in [-0.39, 0.29) is 0 Å². The van der Waals surface area contributed by atoms with E-state index in [4.69, 9.17) is 11.6 Å². The molecule has 0 unspecified atom stereocenters. The summed E-state index contributed by atoms with van der Waals surface area (Å²) in [6.45, 7) is 0. The lowest BCUT2D eigenvalue weighted by atomic mass is 10.1. The van der Waals surface area contributed by atoms with E-state index in [1.807, 2.05) is 12.1 Å². The molecular formula is C30H18BrClN2. The lowest BCUT2D eigenvalue weighted by Crippen LogP contribution is -1.95. The van der Waals surface area contributed by atoms with Gasteiger partial charge in [-0.05, 0) is 54.6 Å². The van der Waals surface area contributed by atoms with Crippen molar-refractivity contribution in [1.29, 1.82) is 0 Å².